The van der Waals surface area contributed by atoms with Crippen molar-refractivity contribution in [1.29, 1.82) is 0 Å². The Bertz CT molecular complexity index is 9320. The van der Waals surface area contributed by atoms with E-state index in [1.54, 1.807) is 12.4 Å². The number of rotatable bonds is 16. The number of aromatic nitrogens is 14. The van der Waals surface area contributed by atoms with Gasteiger partial charge in [-0.05, 0) is 189 Å². The van der Waals surface area contributed by atoms with Crippen molar-refractivity contribution >= 4 is 123 Å². The van der Waals surface area contributed by atoms with Gasteiger partial charge in [0.25, 0.3) is 0 Å². The second-order valence-corrected chi connectivity index (χ2v) is 36.0. The topological polar surface area (TPSA) is 220 Å². The molecule has 11 heterocycles. The molecule has 27 aromatic rings. The van der Waals surface area contributed by atoms with Gasteiger partial charge < -0.3 is 13.3 Å². The second-order valence-electron chi connectivity index (χ2n) is 35.0. The van der Waals surface area contributed by atoms with E-state index in [0.717, 1.165) is 200 Å². The van der Waals surface area contributed by atoms with E-state index in [0.29, 0.717) is 67.9 Å². The van der Waals surface area contributed by atoms with Crippen LogP contribution in [0.1, 0.15) is 0 Å². The van der Waals surface area contributed by atoms with Gasteiger partial charge >= 0.3 is 0 Å². The summed E-state index contributed by atoms with van der Waals surface area (Å²) in [5.41, 5.74) is 34.7. The highest BCUT2D eigenvalue weighted by atomic mass is 35.5. The van der Waals surface area contributed by atoms with Gasteiger partial charge in [0.2, 0.25) is 15.9 Å². The van der Waals surface area contributed by atoms with Gasteiger partial charge in [-0.1, -0.05) is 334 Å². The largest absolute Gasteiger partial charge is 0.452 e. The quantitative estimate of drug-likeness (QED) is 0.0648. The fourth-order valence-corrected chi connectivity index (χ4v) is 19.3. The molecule has 27 rings (SSSR count). The summed E-state index contributed by atoms with van der Waals surface area (Å²) < 4.78 is 18.6. The van der Waals surface area contributed by atoms with Crippen LogP contribution in [0.2, 0.25) is 15.9 Å². The van der Waals surface area contributed by atoms with Crippen LogP contribution in [0, 0.1) is 0 Å². The van der Waals surface area contributed by atoms with E-state index in [9.17, 15) is 0 Å². The molecule has 0 unspecified atom stereocenters. The predicted molar refractivity (Wildman–Crippen MR) is 587 cm³/mol. The first-order chi connectivity index (χ1) is 72.0. The Kier molecular flexibility index (Phi) is 23.4. The summed E-state index contributed by atoms with van der Waals surface area (Å²) in [4.78, 5) is 67.1. The van der Waals surface area contributed by atoms with Crippen molar-refractivity contribution in [2.75, 3.05) is 0 Å². The standard InChI is InChI=1S/C56H35ClN4O.C38H21ClN6O.C32H19ClN4O/c57-56-60-52(54-53(61-56)48-23-13-14-24-51(48)62-54)40-25-27-41(28-26-40)55-58-49(46-31-42(36-15-5-1-6-16-36)29-43(32-46)37-17-7-2-8-18-37)35-50(59-55)47-33-44(38-19-9-3-10-20-38)30-45(34-47)39-21-11-4-12-22-39;39-38-44-33(36-35(45-38)27-11-4-5-13-31(27)46-36)23-14-16-24(17-15-23)37-42-29(22-8-2-1-3-9-22)21-30(43-37)28-20-25-10-6-18-40-32(25)34-26(28)12-7-19-41-34;33-32-36-28(30-29(37-32)24-13-7-8-14-27(24)38-30)22-15-17-23(18-16-22)31-34-25(20-9-3-1-4-10-20)19-26(35-31)21-11-5-2-6-12-21/h1-35H;1-21H;1-19H. The number of furan rings is 3. The highest BCUT2D eigenvalue weighted by Crippen LogP contribution is 2.45. The Labute approximate surface area is 850 Å². The molecule has 11 aromatic heterocycles. The van der Waals surface area contributed by atoms with Crippen LogP contribution in [-0.4, -0.2) is 69.8 Å². The van der Waals surface area contributed by atoms with Crippen LogP contribution in [0.5, 0.6) is 0 Å². The van der Waals surface area contributed by atoms with Crippen molar-refractivity contribution in [2.24, 2.45) is 0 Å². The summed E-state index contributed by atoms with van der Waals surface area (Å²) in [7, 11) is 0. The average molecular weight is 1940 g/mol. The fourth-order valence-electron chi connectivity index (χ4n) is 18.8. The normalized spacial score (nSPS) is 11.4. The van der Waals surface area contributed by atoms with Gasteiger partial charge in [0, 0.05) is 106 Å². The zero-order valence-electron chi connectivity index (χ0n) is 77.4. The summed E-state index contributed by atoms with van der Waals surface area (Å²) in [5.74, 6) is 1.84. The number of nitrogens with zero attached hydrogens (tertiary/aromatic N) is 14. The van der Waals surface area contributed by atoms with E-state index in [-0.39, 0.29) is 15.9 Å². The molecule has 0 radical (unpaired) electrons. The number of pyridine rings is 2. The maximum Gasteiger partial charge on any atom is 0.223 e. The molecule has 0 fully saturated rings. The molecule has 0 amide bonds. The molecule has 0 aliphatic rings. The maximum absolute atomic E-state index is 6.53. The van der Waals surface area contributed by atoms with E-state index < -0.39 is 0 Å². The van der Waals surface area contributed by atoms with Crippen LogP contribution < -0.4 is 0 Å². The predicted octanol–water partition coefficient (Wildman–Crippen LogP) is 33.2. The third-order valence-electron chi connectivity index (χ3n) is 25.8. The Morgan fingerprint density at radius 1 is 0.164 bits per heavy atom. The fraction of sp³-hybridized carbons (Fsp3) is 0. The van der Waals surface area contributed by atoms with Crippen LogP contribution in [0.15, 0.2) is 468 Å². The molecular weight excluding hydrogens is 1860 g/mol. The zero-order chi connectivity index (χ0) is 97.5. The highest BCUT2D eigenvalue weighted by Gasteiger charge is 2.26. The van der Waals surface area contributed by atoms with E-state index in [2.05, 4.69) is 229 Å². The molecule has 0 bridgehead atoms. The first-order valence-electron chi connectivity index (χ1n) is 47.4. The van der Waals surface area contributed by atoms with Crippen molar-refractivity contribution < 1.29 is 13.3 Å². The lowest BCUT2D eigenvalue weighted by Crippen LogP contribution is -1.97. The second kappa shape index (κ2) is 38.6. The van der Waals surface area contributed by atoms with E-state index in [4.69, 9.17) is 82.9 Å². The van der Waals surface area contributed by atoms with E-state index in [1.165, 1.54) is 0 Å². The minimum Gasteiger partial charge on any atom is -0.452 e. The molecular formula is C126H75Cl3N14O3. The van der Waals surface area contributed by atoms with Gasteiger partial charge in [-0.3, -0.25) is 9.97 Å². The molecule has 0 atom stereocenters. The average Bonchev–Trinajstić information content (AvgIpc) is 1.68. The Balaban J connectivity index is 0.000000118. The van der Waals surface area contributed by atoms with Gasteiger partial charge in [-0.15, -0.1) is 0 Å². The first-order valence-corrected chi connectivity index (χ1v) is 48.5. The molecule has 0 N–H and O–H groups in total. The Morgan fingerprint density at radius 2 is 0.418 bits per heavy atom. The van der Waals surface area contributed by atoms with Gasteiger partial charge in [0.05, 0.1) is 45.2 Å². The van der Waals surface area contributed by atoms with Crippen LogP contribution in [0.4, 0.5) is 0 Å². The molecule has 0 saturated heterocycles. The molecule has 688 valence electrons. The van der Waals surface area contributed by atoms with Crippen LogP contribution >= 0.6 is 34.8 Å². The lowest BCUT2D eigenvalue weighted by atomic mass is 9.93. The molecule has 16 aromatic carbocycles. The number of para-hydroxylation sites is 3. The SMILES string of the molecule is Clc1nc(-c2ccc(-c3nc(-c4cc(-c5ccccc5)cc(-c5ccccc5)c4)cc(-c4cc(-c5ccccc5)cc(-c5ccccc5)c4)n3)cc2)c2oc3ccccc3c2n1.Clc1nc(-c2ccc(-c3nc(-c4ccccc4)cc(-c4cc5cccnc5c5ncccc45)n3)cc2)c2oc3ccccc3c2n1.Clc1nc(-c2ccc(-c3nc(-c4ccccc4)cc(-c4ccccc4)n3)cc2)c2oc3ccccc3c2n1. The Morgan fingerprint density at radius 3 is 0.747 bits per heavy atom. The molecule has 0 spiro atoms. The van der Waals surface area contributed by atoms with Crippen molar-refractivity contribution in [3.05, 3.63) is 471 Å². The summed E-state index contributed by atoms with van der Waals surface area (Å²) in [6, 6.07) is 150. The molecule has 146 heavy (non-hydrogen) atoms. The first kappa shape index (κ1) is 88.5. The number of hydrogen-bond donors (Lipinski definition) is 0. The third-order valence-corrected chi connectivity index (χ3v) is 26.3. The lowest BCUT2D eigenvalue weighted by molar-refractivity contribution is 0.667. The van der Waals surface area contributed by atoms with Crippen molar-refractivity contribution in [1.82, 2.24) is 69.8 Å². The molecule has 0 aliphatic carbocycles. The number of fused-ring (bicyclic) bond motifs is 12. The number of hydrogen-bond acceptors (Lipinski definition) is 17. The molecule has 0 aliphatic heterocycles. The summed E-state index contributed by atoms with van der Waals surface area (Å²) in [6.07, 6.45) is 3.59. The minimum absolute atomic E-state index is 0.156. The number of benzene rings is 16. The summed E-state index contributed by atoms with van der Waals surface area (Å²) >= 11 is 19.2. The smallest absolute Gasteiger partial charge is 0.223 e. The molecule has 20 heteroatoms. The van der Waals surface area contributed by atoms with Gasteiger partial charge in [-0.2, -0.15) is 0 Å². The minimum atomic E-state index is 0.156. The van der Waals surface area contributed by atoms with Crippen molar-refractivity contribution in [2.45, 2.75) is 0 Å². The van der Waals surface area contributed by atoms with Crippen molar-refractivity contribution in [3.63, 3.8) is 0 Å². The van der Waals surface area contributed by atoms with Gasteiger partial charge in [-0.25, -0.2) is 59.8 Å². The van der Waals surface area contributed by atoms with Crippen LogP contribution in [0.25, 0.3) is 268 Å². The number of halogens is 3. The molecule has 17 nitrogen and oxygen atoms in total. The lowest BCUT2D eigenvalue weighted by Gasteiger charge is -2.15. The van der Waals surface area contributed by atoms with Crippen LogP contribution in [0.3, 0.4) is 0 Å². The monoisotopic (exact) mass is 1940 g/mol. The van der Waals surface area contributed by atoms with Crippen molar-refractivity contribution in [3.8, 4) is 180 Å². The highest BCUT2D eigenvalue weighted by molar-refractivity contribution is 6.30. The Hall–Kier alpha value is -18.9. The van der Waals surface area contributed by atoms with Gasteiger partial charge in [0.1, 0.15) is 50.4 Å². The maximum atomic E-state index is 6.53. The molecule has 0 saturated carbocycles. The van der Waals surface area contributed by atoms with E-state index in [1.807, 2.05) is 249 Å². The summed E-state index contributed by atoms with van der Waals surface area (Å²) in [5, 5.41) is 5.15. The third kappa shape index (κ3) is 17.7. The van der Waals surface area contributed by atoms with Gasteiger partial charge in [0.15, 0.2) is 34.2 Å². The summed E-state index contributed by atoms with van der Waals surface area (Å²) in [6.45, 7) is 0. The van der Waals surface area contributed by atoms with E-state index >= 15 is 0 Å². The van der Waals surface area contributed by atoms with Crippen LogP contribution in [-0.2, 0) is 0 Å². The zero-order valence-corrected chi connectivity index (χ0v) is 79.7.